The van der Waals surface area contributed by atoms with Crippen LogP contribution in [0.2, 0.25) is 0 Å². The zero-order chi connectivity index (χ0) is 11.4. The number of nitrogens with zero attached hydrogens (tertiary/aromatic N) is 1. The van der Waals surface area contributed by atoms with Gasteiger partial charge in [0.1, 0.15) is 5.82 Å². The minimum Gasteiger partial charge on any atom is -0.366 e. The van der Waals surface area contributed by atoms with Crippen LogP contribution >= 0.6 is 15.9 Å². The first kappa shape index (κ1) is 11.1. The Morgan fingerprint density at radius 3 is 2.62 bits per heavy atom. The zero-order valence-electron chi connectivity index (χ0n) is 9.07. The van der Waals surface area contributed by atoms with Crippen molar-refractivity contribution in [2.45, 2.75) is 13.5 Å². The van der Waals surface area contributed by atoms with E-state index in [4.69, 9.17) is 0 Å². The van der Waals surface area contributed by atoms with E-state index >= 15 is 0 Å². The van der Waals surface area contributed by atoms with Crippen molar-refractivity contribution < 1.29 is 0 Å². The second-order valence-corrected chi connectivity index (χ2v) is 4.56. The number of benzene rings is 1. The van der Waals surface area contributed by atoms with Gasteiger partial charge in [-0.1, -0.05) is 34.1 Å². The van der Waals surface area contributed by atoms with Gasteiger partial charge in [0.15, 0.2) is 0 Å². The molecule has 0 unspecified atom stereocenters. The maximum Gasteiger partial charge on any atom is 0.129 e. The van der Waals surface area contributed by atoms with Gasteiger partial charge in [-0.15, -0.1) is 0 Å². The molecule has 2 aromatic rings. The number of pyridine rings is 1. The average molecular weight is 277 g/mol. The lowest BCUT2D eigenvalue weighted by atomic mass is 10.2. The van der Waals surface area contributed by atoms with Crippen molar-refractivity contribution in [3.8, 4) is 0 Å². The molecule has 1 N–H and O–H groups in total. The normalized spacial score (nSPS) is 10.1. The van der Waals surface area contributed by atoms with Crippen molar-refractivity contribution in [3.63, 3.8) is 0 Å². The Bertz CT molecular complexity index is 466. The second-order valence-electron chi connectivity index (χ2n) is 3.65. The molecule has 0 bridgehead atoms. The van der Waals surface area contributed by atoms with E-state index in [0.717, 1.165) is 16.8 Å². The highest BCUT2D eigenvalue weighted by Crippen LogP contribution is 2.13. The van der Waals surface area contributed by atoms with Crippen molar-refractivity contribution in [2.24, 2.45) is 0 Å². The van der Waals surface area contributed by atoms with Crippen molar-refractivity contribution >= 4 is 21.7 Å². The summed E-state index contributed by atoms with van der Waals surface area (Å²) in [5.41, 5.74) is 2.41. The minimum atomic E-state index is 0.797. The number of anilines is 1. The Hall–Kier alpha value is -1.35. The van der Waals surface area contributed by atoms with E-state index in [9.17, 15) is 0 Å². The van der Waals surface area contributed by atoms with Gasteiger partial charge in [-0.05, 0) is 36.2 Å². The molecule has 0 saturated heterocycles. The number of aromatic nitrogens is 1. The molecule has 3 heteroatoms. The van der Waals surface area contributed by atoms with Gasteiger partial charge in [0, 0.05) is 17.2 Å². The van der Waals surface area contributed by atoms with E-state index in [1.807, 2.05) is 18.2 Å². The molecule has 0 atom stereocenters. The zero-order valence-corrected chi connectivity index (χ0v) is 10.7. The van der Waals surface area contributed by atoms with Crippen LogP contribution in [0.5, 0.6) is 0 Å². The first-order valence-electron chi connectivity index (χ1n) is 5.15. The Morgan fingerprint density at radius 1 is 1.19 bits per heavy atom. The lowest BCUT2D eigenvalue weighted by molar-refractivity contribution is 1.10. The van der Waals surface area contributed by atoms with Crippen LogP contribution in [0.15, 0.2) is 47.1 Å². The van der Waals surface area contributed by atoms with E-state index in [0.29, 0.717) is 0 Å². The molecule has 16 heavy (non-hydrogen) atoms. The van der Waals surface area contributed by atoms with Crippen LogP contribution in [-0.2, 0) is 6.54 Å². The summed E-state index contributed by atoms with van der Waals surface area (Å²) in [7, 11) is 0. The fraction of sp³-hybridized carbons (Fsp3) is 0.154. The molecule has 0 spiro atoms. The van der Waals surface area contributed by atoms with Crippen LogP contribution in [0.3, 0.4) is 0 Å². The lowest BCUT2D eigenvalue weighted by Gasteiger charge is -2.07. The van der Waals surface area contributed by atoms with Crippen molar-refractivity contribution in [1.82, 2.24) is 4.98 Å². The quantitative estimate of drug-likeness (QED) is 0.923. The summed E-state index contributed by atoms with van der Waals surface area (Å²) in [4.78, 5) is 4.29. The molecule has 0 aliphatic heterocycles. The molecule has 0 aliphatic rings. The van der Waals surface area contributed by atoms with E-state index in [1.165, 1.54) is 11.1 Å². The van der Waals surface area contributed by atoms with E-state index in [2.05, 4.69) is 51.4 Å². The Morgan fingerprint density at radius 2 is 1.94 bits per heavy atom. The number of halogens is 1. The van der Waals surface area contributed by atoms with Gasteiger partial charge < -0.3 is 5.32 Å². The standard InChI is InChI=1S/C13H13BrN2/c1-10-3-2-8-15-13(10)16-9-11-4-6-12(14)7-5-11/h2-8H,9H2,1H3,(H,15,16). The smallest absolute Gasteiger partial charge is 0.129 e. The Kier molecular flexibility index (Phi) is 3.57. The summed E-state index contributed by atoms with van der Waals surface area (Å²) in [5.74, 6) is 0.949. The van der Waals surface area contributed by atoms with Gasteiger partial charge in [0.05, 0.1) is 0 Å². The molecular weight excluding hydrogens is 264 g/mol. The predicted octanol–water partition coefficient (Wildman–Crippen LogP) is 3.76. The van der Waals surface area contributed by atoms with Gasteiger partial charge in [0.25, 0.3) is 0 Å². The molecule has 82 valence electrons. The van der Waals surface area contributed by atoms with Gasteiger partial charge in [-0.2, -0.15) is 0 Å². The summed E-state index contributed by atoms with van der Waals surface area (Å²) in [6.07, 6.45) is 1.80. The van der Waals surface area contributed by atoms with Crippen LogP contribution in [0.25, 0.3) is 0 Å². The topological polar surface area (TPSA) is 24.9 Å². The van der Waals surface area contributed by atoms with Crippen LogP contribution in [-0.4, -0.2) is 4.98 Å². The number of rotatable bonds is 3. The molecular formula is C13H13BrN2. The summed E-state index contributed by atoms with van der Waals surface area (Å²) in [5, 5.41) is 3.32. The molecule has 2 nitrogen and oxygen atoms in total. The van der Waals surface area contributed by atoms with Gasteiger partial charge in [-0.3, -0.25) is 0 Å². The lowest BCUT2D eigenvalue weighted by Crippen LogP contribution is -2.02. The van der Waals surface area contributed by atoms with E-state index in [-0.39, 0.29) is 0 Å². The van der Waals surface area contributed by atoms with Crippen LogP contribution in [0.4, 0.5) is 5.82 Å². The molecule has 0 aliphatic carbocycles. The van der Waals surface area contributed by atoms with Crippen molar-refractivity contribution in [3.05, 3.63) is 58.2 Å². The Labute approximate surface area is 104 Å². The van der Waals surface area contributed by atoms with Crippen molar-refractivity contribution in [1.29, 1.82) is 0 Å². The molecule has 1 heterocycles. The van der Waals surface area contributed by atoms with Crippen LogP contribution < -0.4 is 5.32 Å². The molecule has 1 aromatic carbocycles. The first-order valence-corrected chi connectivity index (χ1v) is 5.95. The minimum absolute atomic E-state index is 0.797. The van der Waals surface area contributed by atoms with Gasteiger partial charge in [0.2, 0.25) is 0 Å². The summed E-state index contributed by atoms with van der Waals surface area (Å²) in [6.45, 7) is 2.85. The highest BCUT2D eigenvalue weighted by Gasteiger charge is 1.98. The molecule has 0 saturated carbocycles. The highest BCUT2D eigenvalue weighted by atomic mass is 79.9. The maximum absolute atomic E-state index is 4.29. The van der Waals surface area contributed by atoms with Gasteiger partial charge >= 0.3 is 0 Å². The third-order valence-corrected chi connectivity index (χ3v) is 2.91. The van der Waals surface area contributed by atoms with Crippen LogP contribution in [0.1, 0.15) is 11.1 Å². The highest BCUT2D eigenvalue weighted by molar-refractivity contribution is 9.10. The second kappa shape index (κ2) is 5.12. The molecule has 0 radical (unpaired) electrons. The first-order chi connectivity index (χ1) is 7.75. The van der Waals surface area contributed by atoms with Gasteiger partial charge in [-0.25, -0.2) is 4.98 Å². The fourth-order valence-electron chi connectivity index (χ4n) is 1.46. The number of hydrogen-bond donors (Lipinski definition) is 1. The predicted molar refractivity (Wildman–Crippen MR) is 70.4 cm³/mol. The van der Waals surface area contributed by atoms with E-state index in [1.54, 1.807) is 6.20 Å². The summed E-state index contributed by atoms with van der Waals surface area (Å²) in [6, 6.07) is 12.3. The number of nitrogens with one attached hydrogen (secondary N) is 1. The average Bonchev–Trinajstić information content (AvgIpc) is 2.30. The third-order valence-electron chi connectivity index (χ3n) is 2.38. The van der Waals surface area contributed by atoms with E-state index < -0.39 is 0 Å². The molecule has 1 aromatic heterocycles. The molecule has 0 fully saturated rings. The number of hydrogen-bond acceptors (Lipinski definition) is 2. The largest absolute Gasteiger partial charge is 0.366 e. The van der Waals surface area contributed by atoms with Crippen LogP contribution in [0, 0.1) is 6.92 Å². The SMILES string of the molecule is Cc1cccnc1NCc1ccc(Br)cc1. The summed E-state index contributed by atoms with van der Waals surface area (Å²) >= 11 is 3.42. The van der Waals surface area contributed by atoms with Crippen molar-refractivity contribution in [2.75, 3.05) is 5.32 Å². The fourth-order valence-corrected chi connectivity index (χ4v) is 1.72. The monoisotopic (exact) mass is 276 g/mol. The molecule has 0 amide bonds. The number of aryl methyl sites for hydroxylation is 1. The Balaban J connectivity index is 2.02. The third kappa shape index (κ3) is 2.83. The molecule has 2 rings (SSSR count). The maximum atomic E-state index is 4.29. The summed E-state index contributed by atoms with van der Waals surface area (Å²) < 4.78 is 1.10.